The minimum absolute atomic E-state index is 0.0885. The average molecular weight is 407 g/mol. The molecule has 1 aromatic carbocycles. The van der Waals surface area contributed by atoms with E-state index in [1.54, 1.807) is 25.3 Å². The minimum Gasteiger partial charge on any atom is -0.508 e. The molecule has 4 heteroatoms. The Kier molecular flexibility index (Phi) is 15.2. The highest BCUT2D eigenvalue weighted by Crippen LogP contribution is 2.19. The number of esters is 1. The second-order valence-electron chi connectivity index (χ2n) is 8.06. The molecule has 0 fully saturated rings. The van der Waals surface area contributed by atoms with E-state index in [4.69, 9.17) is 9.47 Å². The zero-order chi connectivity index (χ0) is 21.2. The summed E-state index contributed by atoms with van der Waals surface area (Å²) in [6, 6.07) is 6.29. The molecule has 0 aromatic heterocycles. The summed E-state index contributed by atoms with van der Waals surface area (Å²) in [5.41, 5.74) is 0. The second-order valence-corrected chi connectivity index (χ2v) is 8.06. The maximum Gasteiger partial charge on any atom is 0.313 e. The van der Waals surface area contributed by atoms with E-state index in [0.717, 1.165) is 12.8 Å². The molecule has 0 aliphatic carbocycles. The van der Waals surface area contributed by atoms with Gasteiger partial charge in [-0.25, -0.2) is 0 Å². The Morgan fingerprint density at radius 2 is 1.45 bits per heavy atom. The molecule has 29 heavy (non-hydrogen) atoms. The summed E-state index contributed by atoms with van der Waals surface area (Å²) in [5, 5.41) is 9.43. The van der Waals surface area contributed by atoms with Crippen LogP contribution in [0.25, 0.3) is 0 Å². The normalized spacial score (nSPS) is 12.1. The molecule has 1 atom stereocenters. The van der Waals surface area contributed by atoms with Crippen molar-refractivity contribution >= 4 is 5.97 Å². The van der Waals surface area contributed by atoms with Gasteiger partial charge in [-0.2, -0.15) is 0 Å². The number of methoxy groups -OCH3 is 1. The van der Waals surface area contributed by atoms with Gasteiger partial charge in [0.2, 0.25) is 0 Å². The molecule has 0 radical (unpaired) electrons. The third-order valence-electron chi connectivity index (χ3n) is 5.41. The number of aromatic hydroxyl groups is 1. The van der Waals surface area contributed by atoms with Crippen LogP contribution in [-0.4, -0.2) is 24.3 Å². The predicted molar refractivity (Wildman–Crippen MR) is 119 cm³/mol. The fraction of sp³-hybridized carbons (Fsp3) is 0.720. The SMILES string of the molecule is CCCCCCCCCCCCCCCC(CC(=O)Oc1cccc(O)c1)OC. The van der Waals surface area contributed by atoms with Crippen molar-refractivity contribution in [3.8, 4) is 11.5 Å². The number of unbranched alkanes of at least 4 members (excludes halogenated alkanes) is 12. The number of ether oxygens (including phenoxy) is 2. The Balaban J connectivity index is 1.98. The number of phenols is 1. The van der Waals surface area contributed by atoms with E-state index in [2.05, 4.69) is 6.92 Å². The zero-order valence-electron chi connectivity index (χ0n) is 18.7. The van der Waals surface area contributed by atoms with Crippen molar-refractivity contribution in [1.82, 2.24) is 0 Å². The Morgan fingerprint density at radius 1 is 0.897 bits per heavy atom. The maximum atomic E-state index is 12.0. The molecule has 0 heterocycles. The van der Waals surface area contributed by atoms with Crippen LogP contribution in [0, 0.1) is 0 Å². The highest BCUT2D eigenvalue weighted by molar-refractivity contribution is 5.73. The lowest BCUT2D eigenvalue weighted by Crippen LogP contribution is -2.20. The first-order chi connectivity index (χ1) is 14.2. The van der Waals surface area contributed by atoms with Crippen LogP contribution in [0.2, 0.25) is 0 Å². The van der Waals surface area contributed by atoms with Gasteiger partial charge in [0.15, 0.2) is 0 Å². The molecule has 0 amide bonds. The topological polar surface area (TPSA) is 55.8 Å². The summed E-state index contributed by atoms with van der Waals surface area (Å²) in [6.07, 6.45) is 18.3. The van der Waals surface area contributed by atoms with E-state index in [9.17, 15) is 9.90 Å². The van der Waals surface area contributed by atoms with Crippen LogP contribution in [-0.2, 0) is 9.53 Å². The second kappa shape index (κ2) is 17.3. The van der Waals surface area contributed by atoms with Crippen LogP contribution in [0.5, 0.6) is 11.5 Å². The summed E-state index contributed by atoms with van der Waals surface area (Å²) in [4.78, 5) is 12.0. The van der Waals surface area contributed by atoms with Crippen molar-refractivity contribution in [2.75, 3.05) is 7.11 Å². The lowest BCUT2D eigenvalue weighted by atomic mass is 10.0. The number of rotatable bonds is 18. The summed E-state index contributed by atoms with van der Waals surface area (Å²) < 4.78 is 10.7. The summed E-state index contributed by atoms with van der Waals surface area (Å²) in [6.45, 7) is 2.27. The van der Waals surface area contributed by atoms with Gasteiger partial charge in [-0.1, -0.05) is 96.5 Å². The van der Waals surface area contributed by atoms with E-state index in [1.165, 1.54) is 83.1 Å². The number of phenolic OH excluding ortho intramolecular Hbond substituents is 1. The molecule has 0 aliphatic heterocycles. The Hall–Kier alpha value is -1.55. The monoisotopic (exact) mass is 406 g/mol. The lowest BCUT2D eigenvalue weighted by molar-refractivity contribution is -0.137. The Morgan fingerprint density at radius 3 is 1.97 bits per heavy atom. The summed E-state index contributed by atoms with van der Waals surface area (Å²) in [5.74, 6) is 0.133. The molecule has 0 aliphatic rings. The van der Waals surface area contributed by atoms with Gasteiger partial charge in [-0.3, -0.25) is 4.79 Å². The van der Waals surface area contributed by atoms with Crippen LogP contribution in [0.15, 0.2) is 24.3 Å². The van der Waals surface area contributed by atoms with Gasteiger partial charge in [-0.15, -0.1) is 0 Å². The van der Waals surface area contributed by atoms with Crippen LogP contribution in [0.3, 0.4) is 0 Å². The van der Waals surface area contributed by atoms with Gasteiger partial charge in [0.05, 0.1) is 12.5 Å². The molecule has 0 bridgehead atoms. The van der Waals surface area contributed by atoms with E-state index in [0.29, 0.717) is 5.75 Å². The highest BCUT2D eigenvalue weighted by atomic mass is 16.5. The number of carbonyl (C=O) groups is 1. The molecule has 1 rings (SSSR count). The van der Waals surface area contributed by atoms with Gasteiger partial charge in [0.25, 0.3) is 0 Å². The first kappa shape index (κ1) is 25.5. The molecule has 1 unspecified atom stereocenters. The molecular formula is C25H42O4. The number of benzene rings is 1. The van der Waals surface area contributed by atoms with E-state index >= 15 is 0 Å². The standard InChI is InChI=1S/C25H42O4/c1-3-4-5-6-7-8-9-10-11-12-13-14-15-18-23(28-2)21-25(27)29-24-19-16-17-22(26)20-24/h16-17,19-20,23,26H,3-15,18,21H2,1-2H3. The van der Waals surface area contributed by atoms with E-state index in [1.807, 2.05) is 0 Å². The minimum atomic E-state index is -0.322. The van der Waals surface area contributed by atoms with Crippen molar-refractivity contribution in [2.45, 2.75) is 109 Å². The molecule has 0 saturated heterocycles. The van der Waals surface area contributed by atoms with Crippen molar-refractivity contribution in [3.05, 3.63) is 24.3 Å². The molecule has 4 nitrogen and oxygen atoms in total. The first-order valence-electron chi connectivity index (χ1n) is 11.7. The Labute approximate surface area is 178 Å². The average Bonchev–Trinajstić information content (AvgIpc) is 2.70. The largest absolute Gasteiger partial charge is 0.508 e. The number of carbonyl (C=O) groups excluding carboxylic acids is 1. The zero-order valence-corrected chi connectivity index (χ0v) is 18.7. The summed E-state index contributed by atoms with van der Waals surface area (Å²) in [7, 11) is 1.65. The van der Waals surface area contributed by atoms with Crippen molar-refractivity contribution in [1.29, 1.82) is 0 Å². The van der Waals surface area contributed by atoms with Gasteiger partial charge >= 0.3 is 5.97 Å². The van der Waals surface area contributed by atoms with E-state index < -0.39 is 0 Å². The smallest absolute Gasteiger partial charge is 0.313 e. The fourth-order valence-electron chi connectivity index (χ4n) is 3.60. The fourth-order valence-corrected chi connectivity index (χ4v) is 3.60. The maximum absolute atomic E-state index is 12.0. The van der Waals surface area contributed by atoms with Crippen molar-refractivity contribution in [3.63, 3.8) is 0 Å². The first-order valence-corrected chi connectivity index (χ1v) is 11.7. The molecule has 166 valence electrons. The van der Waals surface area contributed by atoms with Gasteiger partial charge in [0, 0.05) is 13.2 Å². The quantitative estimate of drug-likeness (QED) is 0.159. The third-order valence-corrected chi connectivity index (χ3v) is 5.41. The number of hydrogen-bond acceptors (Lipinski definition) is 4. The van der Waals surface area contributed by atoms with Crippen molar-refractivity contribution < 1.29 is 19.4 Å². The van der Waals surface area contributed by atoms with Gasteiger partial charge < -0.3 is 14.6 Å². The lowest BCUT2D eigenvalue weighted by Gasteiger charge is -2.14. The van der Waals surface area contributed by atoms with Crippen LogP contribution >= 0.6 is 0 Å². The Bertz CT molecular complexity index is 529. The summed E-state index contributed by atoms with van der Waals surface area (Å²) >= 11 is 0. The third kappa shape index (κ3) is 14.1. The molecule has 1 aromatic rings. The molecule has 0 spiro atoms. The predicted octanol–water partition coefficient (Wildman–Crippen LogP) is 7.18. The van der Waals surface area contributed by atoms with Crippen molar-refractivity contribution in [2.24, 2.45) is 0 Å². The van der Waals surface area contributed by atoms with Crippen LogP contribution < -0.4 is 4.74 Å². The van der Waals surface area contributed by atoms with E-state index in [-0.39, 0.29) is 24.2 Å². The molecule has 0 saturated carbocycles. The highest BCUT2D eigenvalue weighted by Gasteiger charge is 2.15. The van der Waals surface area contributed by atoms with Gasteiger partial charge in [0.1, 0.15) is 11.5 Å². The van der Waals surface area contributed by atoms with Crippen LogP contribution in [0.1, 0.15) is 103 Å². The molecular weight excluding hydrogens is 364 g/mol. The molecule has 1 N–H and O–H groups in total. The number of hydrogen-bond donors (Lipinski definition) is 1. The van der Waals surface area contributed by atoms with Crippen LogP contribution in [0.4, 0.5) is 0 Å². The van der Waals surface area contributed by atoms with Gasteiger partial charge in [-0.05, 0) is 18.6 Å².